The summed E-state index contributed by atoms with van der Waals surface area (Å²) in [6.45, 7) is 5.40. The van der Waals surface area contributed by atoms with Gasteiger partial charge >= 0.3 is 11.9 Å². The number of nitrogens with one attached hydrogen (secondary N) is 1. The Hall–Kier alpha value is -2.61. The van der Waals surface area contributed by atoms with Crippen LogP contribution in [0.2, 0.25) is 0 Å². The smallest absolute Gasteiger partial charge is 0.374 e. The minimum absolute atomic E-state index is 0.0399. The maximum absolute atomic E-state index is 12.5. The van der Waals surface area contributed by atoms with Gasteiger partial charge in [-0.05, 0) is 56.7 Å². The summed E-state index contributed by atoms with van der Waals surface area (Å²) in [6.07, 6.45) is 2.64. The zero-order valence-electron chi connectivity index (χ0n) is 16.1. The third kappa shape index (κ3) is 4.44. The molecule has 2 aromatic heterocycles. The van der Waals surface area contributed by atoms with Crippen LogP contribution in [0.3, 0.4) is 0 Å². The molecule has 0 spiro atoms. The van der Waals surface area contributed by atoms with E-state index in [2.05, 4.69) is 12.2 Å². The van der Waals surface area contributed by atoms with Crippen LogP contribution in [-0.4, -0.2) is 31.1 Å². The highest BCUT2D eigenvalue weighted by Gasteiger charge is 2.29. The lowest BCUT2D eigenvalue weighted by molar-refractivity contribution is -0.119. The van der Waals surface area contributed by atoms with E-state index in [0.29, 0.717) is 22.2 Å². The Morgan fingerprint density at radius 2 is 2.04 bits per heavy atom. The van der Waals surface area contributed by atoms with Crippen LogP contribution in [-0.2, 0) is 27.1 Å². The van der Waals surface area contributed by atoms with Gasteiger partial charge in [0.05, 0.1) is 12.2 Å². The number of hydrogen-bond acceptors (Lipinski definition) is 7. The zero-order chi connectivity index (χ0) is 20.3. The van der Waals surface area contributed by atoms with Gasteiger partial charge in [-0.2, -0.15) is 0 Å². The number of anilines is 1. The number of rotatable bonds is 6. The number of thiophene rings is 1. The average molecular weight is 405 g/mol. The number of furan rings is 1. The molecular formula is C20H23NO6S. The normalized spacial score (nSPS) is 15.6. The number of fused-ring (bicyclic) bond motifs is 1. The molecule has 1 atom stereocenters. The van der Waals surface area contributed by atoms with Crippen LogP contribution in [0.15, 0.2) is 16.5 Å². The highest BCUT2D eigenvalue weighted by atomic mass is 32.1. The molecule has 0 fully saturated rings. The molecule has 8 heteroatoms. The molecule has 0 aliphatic heterocycles. The van der Waals surface area contributed by atoms with Crippen molar-refractivity contribution in [1.29, 1.82) is 0 Å². The first kappa shape index (κ1) is 20.1. The fraction of sp³-hybridized carbons (Fsp3) is 0.450. The molecule has 0 saturated carbocycles. The van der Waals surface area contributed by atoms with Crippen LogP contribution in [0.5, 0.6) is 0 Å². The molecule has 1 N–H and O–H groups in total. The van der Waals surface area contributed by atoms with E-state index in [-0.39, 0.29) is 12.4 Å². The lowest BCUT2D eigenvalue weighted by Crippen LogP contribution is -2.22. The Kier molecular flexibility index (Phi) is 6.18. The molecule has 1 aliphatic rings. The largest absolute Gasteiger partial charge is 0.462 e. The van der Waals surface area contributed by atoms with Gasteiger partial charge in [0.1, 0.15) is 10.8 Å². The summed E-state index contributed by atoms with van der Waals surface area (Å²) in [5.41, 5.74) is 1.38. The SMILES string of the molecule is CCOC(=O)c1c(NC(=O)COC(=O)c2ccc(C)o2)sc2c1CCC(C)C2. The number of hydrogen-bond donors (Lipinski definition) is 1. The molecule has 150 valence electrons. The summed E-state index contributed by atoms with van der Waals surface area (Å²) in [5.74, 6) is -0.524. The number of ether oxygens (including phenoxy) is 2. The Morgan fingerprint density at radius 1 is 1.25 bits per heavy atom. The van der Waals surface area contributed by atoms with Gasteiger partial charge in [0.2, 0.25) is 5.76 Å². The molecular weight excluding hydrogens is 382 g/mol. The van der Waals surface area contributed by atoms with Crippen molar-refractivity contribution in [1.82, 2.24) is 0 Å². The van der Waals surface area contributed by atoms with Crippen LogP contribution in [0.25, 0.3) is 0 Å². The maximum Gasteiger partial charge on any atom is 0.374 e. The quantitative estimate of drug-likeness (QED) is 0.736. The van der Waals surface area contributed by atoms with Crippen LogP contribution >= 0.6 is 11.3 Å². The fourth-order valence-electron chi connectivity index (χ4n) is 3.17. The average Bonchev–Trinajstić information content (AvgIpc) is 3.22. The summed E-state index contributed by atoms with van der Waals surface area (Å²) in [7, 11) is 0. The first-order valence-corrected chi connectivity index (χ1v) is 10.1. The molecule has 0 saturated heterocycles. The molecule has 2 heterocycles. The fourth-order valence-corrected chi connectivity index (χ4v) is 4.58. The first-order chi connectivity index (χ1) is 13.4. The minimum atomic E-state index is -0.715. The van der Waals surface area contributed by atoms with Crippen molar-refractivity contribution in [2.24, 2.45) is 5.92 Å². The van der Waals surface area contributed by atoms with E-state index >= 15 is 0 Å². The van der Waals surface area contributed by atoms with Crippen LogP contribution in [0, 0.1) is 12.8 Å². The third-order valence-electron chi connectivity index (χ3n) is 4.52. The van der Waals surface area contributed by atoms with Crippen molar-refractivity contribution in [2.45, 2.75) is 40.0 Å². The molecule has 1 amide bonds. The van der Waals surface area contributed by atoms with Crippen LogP contribution in [0.4, 0.5) is 5.00 Å². The highest BCUT2D eigenvalue weighted by molar-refractivity contribution is 7.17. The van der Waals surface area contributed by atoms with E-state index in [4.69, 9.17) is 13.9 Å². The molecule has 0 bridgehead atoms. The minimum Gasteiger partial charge on any atom is -0.462 e. The van der Waals surface area contributed by atoms with E-state index in [1.54, 1.807) is 19.9 Å². The molecule has 0 aromatic carbocycles. The summed E-state index contributed by atoms with van der Waals surface area (Å²) in [6, 6.07) is 3.13. The standard InChI is InChI=1S/C20H23NO6S/c1-4-25-20(24)17-13-7-5-11(2)9-15(13)28-18(17)21-16(22)10-26-19(23)14-8-6-12(3)27-14/h6,8,11H,4-5,7,9-10H2,1-3H3,(H,21,22). The van der Waals surface area contributed by atoms with Gasteiger partial charge in [-0.15, -0.1) is 11.3 Å². The van der Waals surface area contributed by atoms with Crippen molar-refractivity contribution in [2.75, 3.05) is 18.5 Å². The van der Waals surface area contributed by atoms with Crippen molar-refractivity contribution in [3.05, 3.63) is 39.7 Å². The van der Waals surface area contributed by atoms with Gasteiger partial charge in [-0.3, -0.25) is 4.79 Å². The van der Waals surface area contributed by atoms with Crippen LogP contribution in [0.1, 0.15) is 57.4 Å². The van der Waals surface area contributed by atoms with Gasteiger partial charge in [0, 0.05) is 4.88 Å². The van der Waals surface area contributed by atoms with E-state index in [0.717, 1.165) is 29.7 Å². The van der Waals surface area contributed by atoms with E-state index < -0.39 is 24.5 Å². The molecule has 7 nitrogen and oxygen atoms in total. The number of esters is 2. The maximum atomic E-state index is 12.5. The number of carbonyl (C=O) groups is 3. The number of aryl methyl sites for hydroxylation is 1. The predicted molar refractivity (Wildman–Crippen MR) is 104 cm³/mol. The monoisotopic (exact) mass is 405 g/mol. The lowest BCUT2D eigenvalue weighted by atomic mass is 9.88. The lowest BCUT2D eigenvalue weighted by Gasteiger charge is -2.18. The Labute approximate surface area is 167 Å². The second-order valence-corrected chi connectivity index (χ2v) is 7.92. The topological polar surface area (TPSA) is 94.8 Å². The summed E-state index contributed by atoms with van der Waals surface area (Å²) in [4.78, 5) is 37.7. The van der Waals surface area contributed by atoms with Crippen molar-refractivity contribution in [3.8, 4) is 0 Å². The Bertz CT molecular complexity index is 897. The zero-order valence-corrected chi connectivity index (χ0v) is 16.9. The van der Waals surface area contributed by atoms with Crippen molar-refractivity contribution >= 4 is 34.2 Å². The Balaban J connectivity index is 1.71. The van der Waals surface area contributed by atoms with Crippen molar-refractivity contribution in [3.63, 3.8) is 0 Å². The first-order valence-electron chi connectivity index (χ1n) is 9.24. The van der Waals surface area contributed by atoms with Gasteiger partial charge in [-0.25, -0.2) is 9.59 Å². The van der Waals surface area contributed by atoms with Gasteiger partial charge in [0.25, 0.3) is 5.91 Å². The van der Waals surface area contributed by atoms with Crippen LogP contribution < -0.4 is 5.32 Å². The molecule has 1 aliphatic carbocycles. The summed E-state index contributed by atoms with van der Waals surface area (Å²) < 4.78 is 15.3. The van der Waals surface area contributed by atoms with Gasteiger partial charge in [-0.1, -0.05) is 6.92 Å². The predicted octanol–water partition coefficient (Wildman–Crippen LogP) is 3.75. The Morgan fingerprint density at radius 3 is 2.71 bits per heavy atom. The molecule has 28 heavy (non-hydrogen) atoms. The van der Waals surface area contributed by atoms with Gasteiger partial charge < -0.3 is 19.2 Å². The molecule has 3 rings (SSSR count). The van der Waals surface area contributed by atoms with E-state index in [1.165, 1.54) is 17.4 Å². The second-order valence-electron chi connectivity index (χ2n) is 6.81. The molecule has 1 unspecified atom stereocenters. The van der Waals surface area contributed by atoms with E-state index in [1.807, 2.05) is 0 Å². The number of amides is 1. The summed E-state index contributed by atoms with van der Waals surface area (Å²) in [5, 5.41) is 3.16. The summed E-state index contributed by atoms with van der Waals surface area (Å²) >= 11 is 1.39. The second kappa shape index (κ2) is 8.60. The number of carbonyl (C=O) groups excluding carboxylic acids is 3. The van der Waals surface area contributed by atoms with E-state index in [9.17, 15) is 14.4 Å². The van der Waals surface area contributed by atoms with Crippen molar-refractivity contribution < 1.29 is 28.3 Å². The molecule has 0 radical (unpaired) electrons. The highest BCUT2D eigenvalue weighted by Crippen LogP contribution is 2.40. The molecule has 2 aromatic rings. The van der Waals surface area contributed by atoms with Gasteiger partial charge in [0.15, 0.2) is 6.61 Å². The third-order valence-corrected chi connectivity index (χ3v) is 5.69.